The van der Waals surface area contributed by atoms with Gasteiger partial charge in [-0.25, -0.2) is 4.39 Å². The summed E-state index contributed by atoms with van der Waals surface area (Å²) < 4.78 is 15.2. The molecule has 0 unspecified atom stereocenters. The van der Waals surface area contributed by atoms with E-state index >= 15 is 4.39 Å². The lowest BCUT2D eigenvalue weighted by Crippen LogP contribution is -1.89. The van der Waals surface area contributed by atoms with Crippen LogP contribution in [-0.4, -0.2) is 0 Å². The van der Waals surface area contributed by atoms with Crippen LogP contribution in [0.4, 0.5) is 4.39 Å². The molecule has 4 rings (SSSR count). The molecule has 176 valence electrons. The number of rotatable bonds is 9. The van der Waals surface area contributed by atoms with Crippen LogP contribution in [-0.2, 0) is 12.8 Å². The molecule has 1 heteroatoms. The van der Waals surface area contributed by atoms with Gasteiger partial charge in [0.2, 0.25) is 0 Å². The van der Waals surface area contributed by atoms with Gasteiger partial charge in [-0.3, -0.25) is 0 Å². The molecule has 0 nitrogen and oxygen atoms in total. The first-order valence-corrected chi connectivity index (χ1v) is 12.7. The van der Waals surface area contributed by atoms with Crippen molar-refractivity contribution in [2.24, 2.45) is 0 Å². The number of unbranched alkanes of at least 4 members (excludes halogenated alkanes) is 3. The van der Waals surface area contributed by atoms with Gasteiger partial charge < -0.3 is 0 Å². The van der Waals surface area contributed by atoms with Crippen molar-refractivity contribution in [3.05, 3.63) is 120 Å². The summed E-state index contributed by atoms with van der Waals surface area (Å²) in [6.45, 7) is 6.02. The van der Waals surface area contributed by atoms with Crippen molar-refractivity contribution in [3.63, 3.8) is 0 Å². The Kier molecular flexibility index (Phi) is 8.53. The highest BCUT2D eigenvalue weighted by atomic mass is 19.1. The van der Waals surface area contributed by atoms with Gasteiger partial charge in [0.25, 0.3) is 0 Å². The van der Waals surface area contributed by atoms with Crippen LogP contribution in [0.25, 0.3) is 21.9 Å². The first-order chi connectivity index (χ1) is 17.2. The Labute approximate surface area is 209 Å². The van der Waals surface area contributed by atoms with Crippen molar-refractivity contribution in [2.75, 3.05) is 0 Å². The molecule has 4 aromatic rings. The van der Waals surface area contributed by atoms with Crippen LogP contribution in [0, 0.1) is 17.7 Å². The van der Waals surface area contributed by atoms with Gasteiger partial charge in [-0.1, -0.05) is 98.7 Å². The standard InChI is InChI=1S/C34H33F/c1-3-5-7-8-10-27-11-13-28(14-12-27)17-20-30-21-22-32-25-31(23-24-33(32)34(30)35)29-18-15-26(16-19-29)9-6-4-2/h4,11-16,18-19,21-25H,2-3,5-10H2,1H3. The summed E-state index contributed by atoms with van der Waals surface area (Å²) in [5.74, 6) is 5.91. The Morgan fingerprint density at radius 1 is 0.743 bits per heavy atom. The van der Waals surface area contributed by atoms with Crippen LogP contribution < -0.4 is 0 Å². The lowest BCUT2D eigenvalue weighted by atomic mass is 9.98. The summed E-state index contributed by atoms with van der Waals surface area (Å²) >= 11 is 0. The second kappa shape index (κ2) is 12.2. The lowest BCUT2D eigenvalue weighted by molar-refractivity contribution is 0.636. The number of hydrogen-bond acceptors (Lipinski definition) is 0. The Balaban J connectivity index is 1.48. The van der Waals surface area contributed by atoms with Crippen LogP contribution in [0.1, 0.15) is 61.3 Å². The quantitative estimate of drug-likeness (QED) is 0.133. The second-order valence-electron chi connectivity index (χ2n) is 9.14. The van der Waals surface area contributed by atoms with Gasteiger partial charge in [0.15, 0.2) is 0 Å². The minimum absolute atomic E-state index is 0.256. The minimum Gasteiger partial charge on any atom is -0.205 e. The number of allylic oxidation sites excluding steroid dienone is 1. The number of fused-ring (bicyclic) bond motifs is 1. The summed E-state index contributed by atoms with van der Waals surface area (Å²) in [6, 6.07) is 26.6. The SMILES string of the molecule is C=CCCc1ccc(-c2ccc3c(F)c(C#Cc4ccc(CCCCCC)cc4)ccc3c2)cc1. The highest BCUT2D eigenvalue weighted by Crippen LogP contribution is 2.28. The van der Waals surface area contributed by atoms with Crippen molar-refractivity contribution in [1.29, 1.82) is 0 Å². The predicted molar refractivity (Wildman–Crippen MR) is 148 cm³/mol. The topological polar surface area (TPSA) is 0 Å². The molecule has 35 heavy (non-hydrogen) atoms. The molecule has 0 aliphatic carbocycles. The Morgan fingerprint density at radius 3 is 2.20 bits per heavy atom. The van der Waals surface area contributed by atoms with E-state index in [2.05, 4.69) is 61.7 Å². The van der Waals surface area contributed by atoms with Crippen LogP contribution in [0.5, 0.6) is 0 Å². The van der Waals surface area contributed by atoms with Gasteiger partial charge in [-0.15, -0.1) is 6.58 Å². The van der Waals surface area contributed by atoms with E-state index in [0.29, 0.717) is 10.9 Å². The van der Waals surface area contributed by atoms with E-state index in [9.17, 15) is 0 Å². The highest BCUT2D eigenvalue weighted by Gasteiger charge is 2.08. The normalized spacial score (nSPS) is 10.7. The second-order valence-corrected chi connectivity index (χ2v) is 9.14. The fourth-order valence-corrected chi connectivity index (χ4v) is 4.35. The Hall–Kier alpha value is -3.63. The third-order valence-electron chi connectivity index (χ3n) is 6.49. The molecule has 0 bridgehead atoms. The molecular formula is C34H33F. The van der Waals surface area contributed by atoms with Crippen LogP contribution in [0.15, 0.2) is 91.5 Å². The lowest BCUT2D eigenvalue weighted by Gasteiger charge is -2.07. The van der Waals surface area contributed by atoms with E-state index in [-0.39, 0.29) is 5.82 Å². The third kappa shape index (κ3) is 6.49. The first-order valence-electron chi connectivity index (χ1n) is 12.7. The molecule has 0 fully saturated rings. The molecule has 0 radical (unpaired) electrons. The maximum absolute atomic E-state index is 15.2. The monoisotopic (exact) mass is 460 g/mol. The summed E-state index contributed by atoms with van der Waals surface area (Å²) in [4.78, 5) is 0. The minimum atomic E-state index is -0.256. The summed E-state index contributed by atoms with van der Waals surface area (Å²) in [5, 5.41) is 1.49. The number of hydrogen-bond donors (Lipinski definition) is 0. The molecule has 0 heterocycles. The largest absolute Gasteiger partial charge is 0.205 e. The van der Waals surface area contributed by atoms with Crippen molar-refractivity contribution < 1.29 is 4.39 Å². The molecular weight excluding hydrogens is 427 g/mol. The molecule has 4 aromatic carbocycles. The van der Waals surface area contributed by atoms with E-state index in [1.807, 2.05) is 42.5 Å². The van der Waals surface area contributed by atoms with E-state index in [4.69, 9.17) is 0 Å². The summed E-state index contributed by atoms with van der Waals surface area (Å²) in [5.41, 5.74) is 6.19. The van der Waals surface area contributed by atoms with Gasteiger partial charge >= 0.3 is 0 Å². The predicted octanol–water partition coefficient (Wildman–Crippen LogP) is 9.29. The molecule has 0 saturated carbocycles. The van der Waals surface area contributed by atoms with E-state index < -0.39 is 0 Å². The fraction of sp³-hybridized carbons (Fsp3) is 0.235. The summed E-state index contributed by atoms with van der Waals surface area (Å²) in [6.07, 6.45) is 10.1. The van der Waals surface area contributed by atoms with Crippen molar-refractivity contribution in [2.45, 2.75) is 51.9 Å². The Morgan fingerprint density at radius 2 is 1.46 bits per heavy atom. The van der Waals surface area contributed by atoms with Gasteiger partial charge in [-0.2, -0.15) is 0 Å². The zero-order valence-corrected chi connectivity index (χ0v) is 20.6. The molecule has 0 aromatic heterocycles. The molecule has 0 spiro atoms. The van der Waals surface area contributed by atoms with E-state index in [0.717, 1.165) is 41.3 Å². The van der Waals surface area contributed by atoms with Crippen molar-refractivity contribution in [1.82, 2.24) is 0 Å². The maximum atomic E-state index is 15.2. The molecule has 0 N–H and O–H groups in total. The zero-order chi connectivity index (χ0) is 24.5. The van der Waals surface area contributed by atoms with Gasteiger partial charge in [0.05, 0.1) is 5.56 Å². The van der Waals surface area contributed by atoms with Crippen LogP contribution in [0.3, 0.4) is 0 Å². The van der Waals surface area contributed by atoms with E-state index in [1.165, 1.54) is 36.8 Å². The number of halogens is 1. The van der Waals surface area contributed by atoms with Crippen molar-refractivity contribution >= 4 is 10.8 Å². The Bertz CT molecular complexity index is 1330. The third-order valence-corrected chi connectivity index (χ3v) is 6.49. The number of aryl methyl sites for hydroxylation is 2. The summed E-state index contributed by atoms with van der Waals surface area (Å²) in [7, 11) is 0. The average Bonchev–Trinajstić information content (AvgIpc) is 2.90. The molecule has 0 aliphatic rings. The molecule has 0 atom stereocenters. The number of benzene rings is 4. The van der Waals surface area contributed by atoms with Gasteiger partial charge in [0.1, 0.15) is 5.82 Å². The van der Waals surface area contributed by atoms with Gasteiger partial charge in [-0.05, 0) is 77.6 Å². The zero-order valence-electron chi connectivity index (χ0n) is 20.6. The molecule has 0 saturated heterocycles. The maximum Gasteiger partial charge on any atom is 0.146 e. The smallest absolute Gasteiger partial charge is 0.146 e. The van der Waals surface area contributed by atoms with Crippen LogP contribution in [0.2, 0.25) is 0 Å². The van der Waals surface area contributed by atoms with Crippen molar-refractivity contribution in [3.8, 4) is 23.0 Å². The van der Waals surface area contributed by atoms with E-state index in [1.54, 1.807) is 6.07 Å². The highest BCUT2D eigenvalue weighted by molar-refractivity contribution is 5.89. The first kappa shape index (κ1) is 24.5. The van der Waals surface area contributed by atoms with Crippen LogP contribution >= 0.6 is 0 Å². The molecule has 0 aliphatic heterocycles. The van der Waals surface area contributed by atoms with Gasteiger partial charge in [0, 0.05) is 10.9 Å². The molecule has 0 amide bonds. The average molecular weight is 461 g/mol. The fourth-order valence-electron chi connectivity index (χ4n) is 4.35.